The maximum atomic E-state index is 11.0. The van der Waals surface area contributed by atoms with Crippen molar-refractivity contribution < 1.29 is 9.66 Å². The number of nitrogens with zero attached hydrogens (tertiary/aromatic N) is 2. The maximum absolute atomic E-state index is 11.0. The van der Waals surface area contributed by atoms with Crippen molar-refractivity contribution >= 4 is 5.69 Å². The molecule has 0 bridgehead atoms. The van der Waals surface area contributed by atoms with E-state index in [0.717, 1.165) is 0 Å². The number of nitro groups is 1. The van der Waals surface area contributed by atoms with E-state index in [1.165, 1.54) is 13.2 Å². The lowest BCUT2D eigenvalue weighted by molar-refractivity contribution is -0.384. The molecule has 0 atom stereocenters. The Morgan fingerprint density at radius 2 is 2.24 bits per heavy atom. The van der Waals surface area contributed by atoms with Crippen LogP contribution in [0.1, 0.15) is 5.69 Å². The predicted octanol–water partition coefficient (Wildman–Crippen LogP) is 2.30. The van der Waals surface area contributed by atoms with E-state index in [1.54, 1.807) is 25.3 Å². The quantitative estimate of drug-likeness (QED) is 0.651. The van der Waals surface area contributed by atoms with Crippen molar-refractivity contribution in [1.82, 2.24) is 10.2 Å². The molecule has 1 aromatic heterocycles. The fourth-order valence-electron chi connectivity index (χ4n) is 1.72. The maximum Gasteiger partial charge on any atom is 0.281 e. The van der Waals surface area contributed by atoms with Gasteiger partial charge >= 0.3 is 0 Å². The standard InChI is InChI=1S/C11H11N3O3/c1-7-8(6-12-13-7)11-9(14(15)16)4-3-5-10(11)17-2/h3-6H,1-2H3,(H,12,13). The van der Waals surface area contributed by atoms with Gasteiger partial charge in [0, 0.05) is 17.8 Å². The minimum absolute atomic E-state index is 0.00819. The molecule has 1 N–H and O–H groups in total. The van der Waals surface area contributed by atoms with Gasteiger partial charge in [-0.05, 0) is 13.0 Å². The van der Waals surface area contributed by atoms with Crippen LogP contribution in [0.5, 0.6) is 5.75 Å². The largest absolute Gasteiger partial charge is 0.496 e. The number of aromatic nitrogens is 2. The number of rotatable bonds is 3. The molecular weight excluding hydrogens is 222 g/mol. The number of nitrogens with one attached hydrogen (secondary N) is 1. The van der Waals surface area contributed by atoms with Crippen LogP contribution in [-0.4, -0.2) is 22.2 Å². The summed E-state index contributed by atoms with van der Waals surface area (Å²) in [5.41, 5.74) is 1.83. The van der Waals surface area contributed by atoms with Crippen molar-refractivity contribution in [1.29, 1.82) is 0 Å². The van der Waals surface area contributed by atoms with Gasteiger partial charge in [0.2, 0.25) is 0 Å². The first kappa shape index (κ1) is 11.1. The van der Waals surface area contributed by atoms with Gasteiger partial charge in [0.25, 0.3) is 5.69 Å². The second-order valence-corrected chi connectivity index (χ2v) is 3.50. The van der Waals surface area contributed by atoms with Crippen LogP contribution < -0.4 is 4.74 Å². The third kappa shape index (κ3) is 1.84. The van der Waals surface area contributed by atoms with E-state index in [-0.39, 0.29) is 5.69 Å². The zero-order chi connectivity index (χ0) is 12.4. The molecule has 0 radical (unpaired) electrons. The molecule has 0 fully saturated rings. The van der Waals surface area contributed by atoms with Gasteiger partial charge in [0.1, 0.15) is 11.3 Å². The lowest BCUT2D eigenvalue weighted by Crippen LogP contribution is -1.95. The average molecular weight is 233 g/mol. The van der Waals surface area contributed by atoms with Crippen molar-refractivity contribution in [2.45, 2.75) is 6.92 Å². The number of hydrogen-bond acceptors (Lipinski definition) is 4. The molecule has 1 aromatic carbocycles. The number of benzene rings is 1. The Hall–Kier alpha value is -2.37. The van der Waals surface area contributed by atoms with Crippen LogP contribution in [0.2, 0.25) is 0 Å². The Labute approximate surface area is 97.4 Å². The van der Waals surface area contributed by atoms with Gasteiger partial charge in [-0.15, -0.1) is 0 Å². The Balaban J connectivity index is 2.73. The second-order valence-electron chi connectivity index (χ2n) is 3.50. The van der Waals surface area contributed by atoms with Gasteiger partial charge in [0.05, 0.1) is 17.7 Å². The number of hydrogen-bond donors (Lipinski definition) is 1. The normalized spacial score (nSPS) is 10.2. The van der Waals surface area contributed by atoms with E-state index in [0.29, 0.717) is 22.6 Å². The molecule has 1 heterocycles. The third-order valence-corrected chi connectivity index (χ3v) is 2.52. The van der Waals surface area contributed by atoms with Crippen molar-refractivity contribution in [2.75, 3.05) is 7.11 Å². The van der Waals surface area contributed by atoms with Crippen LogP contribution in [0.4, 0.5) is 5.69 Å². The Bertz CT molecular complexity index is 563. The lowest BCUT2D eigenvalue weighted by Gasteiger charge is -2.07. The van der Waals surface area contributed by atoms with Crippen molar-refractivity contribution in [3.8, 4) is 16.9 Å². The van der Waals surface area contributed by atoms with Gasteiger partial charge in [-0.2, -0.15) is 5.10 Å². The van der Waals surface area contributed by atoms with Crippen LogP contribution in [0.25, 0.3) is 11.1 Å². The third-order valence-electron chi connectivity index (χ3n) is 2.52. The van der Waals surface area contributed by atoms with E-state index >= 15 is 0 Å². The molecule has 2 rings (SSSR count). The molecule has 0 amide bonds. The Morgan fingerprint density at radius 3 is 2.76 bits per heavy atom. The van der Waals surface area contributed by atoms with Crippen LogP contribution in [-0.2, 0) is 0 Å². The highest BCUT2D eigenvalue weighted by atomic mass is 16.6. The smallest absolute Gasteiger partial charge is 0.281 e. The monoisotopic (exact) mass is 233 g/mol. The first-order valence-electron chi connectivity index (χ1n) is 4.97. The summed E-state index contributed by atoms with van der Waals surface area (Å²) in [6, 6.07) is 4.73. The summed E-state index contributed by atoms with van der Waals surface area (Å²) in [6.07, 6.45) is 1.63. The summed E-state index contributed by atoms with van der Waals surface area (Å²) in [6.45, 7) is 1.78. The van der Waals surface area contributed by atoms with Crippen molar-refractivity contribution in [2.24, 2.45) is 0 Å². The van der Waals surface area contributed by atoms with Crippen LogP contribution >= 0.6 is 0 Å². The minimum Gasteiger partial charge on any atom is -0.496 e. The number of methoxy groups -OCH3 is 1. The Morgan fingerprint density at radius 1 is 1.47 bits per heavy atom. The second kappa shape index (κ2) is 4.25. The highest BCUT2D eigenvalue weighted by Gasteiger charge is 2.22. The van der Waals surface area contributed by atoms with E-state index in [2.05, 4.69) is 10.2 Å². The molecule has 6 nitrogen and oxygen atoms in total. The number of aromatic amines is 1. The van der Waals surface area contributed by atoms with E-state index in [4.69, 9.17) is 4.74 Å². The molecular formula is C11H11N3O3. The van der Waals surface area contributed by atoms with Crippen LogP contribution in [0.15, 0.2) is 24.4 Å². The molecule has 2 aromatic rings. The molecule has 0 aliphatic rings. The van der Waals surface area contributed by atoms with Gasteiger partial charge in [-0.25, -0.2) is 0 Å². The molecule has 0 saturated heterocycles. The molecule has 6 heteroatoms. The zero-order valence-corrected chi connectivity index (χ0v) is 9.43. The first-order valence-corrected chi connectivity index (χ1v) is 4.97. The van der Waals surface area contributed by atoms with Crippen LogP contribution in [0.3, 0.4) is 0 Å². The number of H-pyrrole nitrogens is 1. The zero-order valence-electron chi connectivity index (χ0n) is 9.43. The summed E-state index contributed by atoms with van der Waals surface area (Å²) >= 11 is 0. The molecule has 88 valence electrons. The number of aryl methyl sites for hydroxylation is 1. The summed E-state index contributed by atoms with van der Waals surface area (Å²) in [5, 5.41) is 17.7. The van der Waals surface area contributed by atoms with Gasteiger partial charge < -0.3 is 4.74 Å². The SMILES string of the molecule is COc1cccc([N+](=O)[O-])c1-c1c[nH]nc1C. The summed E-state index contributed by atoms with van der Waals surface area (Å²) in [5.74, 6) is 0.462. The summed E-state index contributed by atoms with van der Waals surface area (Å²) in [7, 11) is 1.48. The van der Waals surface area contributed by atoms with Gasteiger partial charge in [-0.1, -0.05) is 6.07 Å². The number of ether oxygens (including phenoxy) is 1. The molecule has 0 unspecified atom stereocenters. The average Bonchev–Trinajstić information content (AvgIpc) is 2.74. The van der Waals surface area contributed by atoms with Crippen molar-refractivity contribution in [3.63, 3.8) is 0 Å². The highest BCUT2D eigenvalue weighted by molar-refractivity contribution is 5.80. The molecule has 0 spiro atoms. The van der Waals surface area contributed by atoms with E-state index < -0.39 is 4.92 Å². The molecule has 0 aliphatic carbocycles. The topological polar surface area (TPSA) is 81.0 Å². The lowest BCUT2D eigenvalue weighted by atomic mass is 10.0. The fraction of sp³-hybridized carbons (Fsp3) is 0.182. The highest BCUT2D eigenvalue weighted by Crippen LogP contribution is 2.38. The number of nitro benzene ring substituents is 1. The predicted molar refractivity (Wildman–Crippen MR) is 62.0 cm³/mol. The molecule has 0 aliphatic heterocycles. The molecule has 17 heavy (non-hydrogen) atoms. The first-order chi connectivity index (χ1) is 8.15. The van der Waals surface area contributed by atoms with Gasteiger partial charge in [-0.3, -0.25) is 15.2 Å². The fourth-order valence-corrected chi connectivity index (χ4v) is 1.72. The Kier molecular flexibility index (Phi) is 2.78. The van der Waals surface area contributed by atoms with Crippen LogP contribution in [0, 0.1) is 17.0 Å². The van der Waals surface area contributed by atoms with E-state index in [1.807, 2.05) is 0 Å². The van der Waals surface area contributed by atoms with E-state index in [9.17, 15) is 10.1 Å². The van der Waals surface area contributed by atoms with Crippen molar-refractivity contribution in [3.05, 3.63) is 40.2 Å². The minimum atomic E-state index is -0.426. The molecule has 0 saturated carbocycles. The summed E-state index contributed by atoms with van der Waals surface area (Å²) in [4.78, 5) is 10.6. The summed E-state index contributed by atoms with van der Waals surface area (Å²) < 4.78 is 5.17. The van der Waals surface area contributed by atoms with Gasteiger partial charge in [0.15, 0.2) is 0 Å².